The van der Waals surface area contributed by atoms with Crippen LogP contribution in [-0.2, 0) is 4.79 Å². The highest BCUT2D eigenvalue weighted by Gasteiger charge is 2.49. The first-order valence-corrected chi connectivity index (χ1v) is 9.25. The van der Waals surface area contributed by atoms with Crippen molar-refractivity contribution in [3.05, 3.63) is 0 Å². The summed E-state index contributed by atoms with van der Waals surface area (Å²) in [5.74, 6) is 1.05. The number of hydrogen-bond donors (Lipinski definition) is 0. The lowest BCUT2D eigenvalue weighted by molar-refractivity contribution is -0.153. The molecule has 0 aromatic heterocycles. The third-order valence-electron chi connectivity index (χ3n) is 6.31. The van der Waals surface area contributed by atoms with Crippen LogP contribution in [0.3, 0.4) is 0 Å². The first kappa shape index (κ1) is 16.7. The van der Waals surface area contributed by atoms with E-state index in [4.69, 9.17) is 5.26 Å². The maximum absolute atomic E-state index is 12.9. The Morgan fingerprint density at radius 2 is 1.83 bits per heavy atom. The van der Waals surface area contributed by atoms with Crippen LogP contribution in [-0.4, -0.2) is 72.5 Å². The summed E-state index contributed by atoms with van der Waals surface area (Å²) in [6.45, 7) is 5.07. The molecule has 1 aliphatic carbocycles. The van der Waals surface area contributed by atoms with Gasteiger partial charge >= 0.3 is 0 Å². The third-order valence-corrected chi connectivity index (χ3v) is 6.31. The lowest BCUT2D eigenvalue weighted by Crippen LogP contribution is -2.67. The Labute approximate surface area is 140 Å². The largest absolute Gasteiger partial charge is 0.326 e. The zero-order valence-electron chi connectivity index (χ0n) is 14.5. The molecule has 0 aromatic rings. The van der Waals surface area contributed by atoms with Gasteiger partial charge in [0, 0.05) is 32.7 Å². The Morgan fingerprint density at radius 3 is 2.48 bits per heavy atom. The fraction of sp³-hybridized carbons (Fsp3) is 0.889. The first-order valence-electron chi connectivity index (χ1n) is 9.25. The Bertz CT molecular complexity index is 458. The Morgan fingerprint density at radius 1 is 1.13 bits per heavy atom. The van der Waals surface area contributed by atoms with Gasteiger partial charge in [0.25, 0.3) is 0 Å². The van der Waals surface area contributed by atoms with Crippen molar-refractivity contribution >= 4 is 5.91 Å². The third kappa shape index (κ3) is 3.39. The van der Waals surface area contributed by atoms with Crippen molar-refractivity contribution in [2.75, 3.05) is 46.3 Å². The molecule has 0 N–H and O–H groups in total. The van der Waals surface area contributed by atoms with Gasteiger partial charge in [-0.1, -0.05) is 19.3 Å². The second-order valence-corrected chi connectivity index (χ2v) is 7.64. The summed E-state index contributed by atoms with van der Waals surface area (Å²) in [6.07, 6.45) is 8.80. The van der Waals surface area contributed by atoms with Gasteiger partial charge in [0.15, 0.2) is 0 Å². The molecule has 1 spiro atoms. The molecule has 3 fully saturated rings. The average molecular weight is 318 g/mol. The second kappa shape index (κ2) is 7.19. The molecule has 23 heavy (non-hydrogen) atoms. The van der Waals surface area contributed by atoms with Crippen LogP contribution < -0.4 is 0 Å². The van der Waals surface area contributed by atoms with Crippen molar-refractivity contribution < 1.29 is 4.79 Å². The topological polar surface area (TPSA) is 50.6 Å². The Hall–Kier alpha value is -1.12. The molecule has 128 valence electrons. The number of hydrogen-bond acceptors (Lipinski definition) is 4. The molecule has 3 rings (SSSR count). The second-order valence-electron chi connectivity index (χ2n) is 7.64. The quantitative estimate of drug-likeness (QED) is 0.743. The first-order chi connectivity index (χ1) is 11.2. The summed E-state index contributed by atoms with van der Waals surface area (Å²) < 4.78 is 0. The number of rotatable bonds is 3. The van der Waals surface area contributed by atoms with Gasteiger partial charge in [-0.25, -0.2) is 0 Å². The van der Waals surface area contributed by atoms with Gasteiger partial charge in [0.05, 0.1) is 6.07 Å². The molecule has 3 aliphatic rings. The standard InChI is InChI=1S/C18H30N4O/c1-20-13-14-22(12-9-19)17(23)18(20)7-10-21(11-8-18)15-16-5-3-2-4-6-16/h16H,2-8,10-15H2,1H3. The van der Waals surface area contributed by atoms with Crippen LogP contribution in [0.4, 0.5) is 0 Å². The molecule has 2 aliphatic heterocycles. The fourth-order valence-electron chi connectivity index (χ4n) is 4.72. The zero-order chi connectivity index (χ0) is 16.3. The summed E-state index contributed by atoms with van der Waals surface area (Å²) in [4.78, 5) is 19.5. The predicted molar refractivity (Wildman–Crippen MR) is 89.8 cm³/mol. The highest BCUT2D eigenvalue weighted by Crippen LogP contribution is 2.34. The molecule has 2 saturated heterocycles. The van der Waals surface area contributed by atoms with Gasteiger partial charge in [0.1, 0.15) is 12.1 Å². The molecule has 0 aromatic carbocycles. The summed E-state index contributed by atoms with van der Waals surface area (Å²) in [5.41, 5.74) is -0.349. The number of amides is 1. The highest BCUT2D eigenvalue weighted by atomic mass is 16.2. The van der Waals surface area contributed by atoms with E-state index in [-0.39, 0.29) is 18.0 Å². The van der Waals surface area contributed by atoms with Crippen molar-refractivity contribution in [2.24, 2.45) is 5.92 Å². The van der Waals surface area contributed by atoms with Crippen LogP contribution in [0, 0.1) is 17.2 Å². The van der Waals surface area contributed by atoms with E-state index < -0.39 is 0 Å². The summed E-state index contributed by atoms with van der Waals surface area (Å²) in [6, 6.07) is 2.14. The van der Waals surface area contributed by atoms with E-state index in [0.29, 0.717) is 6.54 Å². The number of nitriles is 1. The SMILES string of the molecule is CN1CCN(CC#N)C(=O)C12CCN(CC1CCCCC1)CC2. The number of piperidine rings is 1. The van der Waals surface area contributed by atoms with E-state index >= 15 is 0 Å². The number of carbonyl (C=O) groups excluding carboxylic acids is 1. The highest BCUT2D eigenvalue weighted by molar-refractivity contribution is 5.87. The van der Waals surface area contributed by atoms with Crippen molar-refractivity contribution in [1.82, 2.24) is 14.7 Å². The van der Waals surface area contributed by atoms with Gasteiger partial charge in [-0.05, 0) is 38.6 Å². The van der Waals surface area contributed by atoms with Crippen molar-refractivity contribution in [1.29, 1.82) is 5.26 Å². The molecule has 0 unspecified atom stereocenters. The van der Waals surface area contributed by atoms with Gasteiger partial charge in [-0.2, -0.15) is 5.26 Å². The van der Waals surface area contributed by atoms with Crippen molar-refractivity contribution in [3.8, 4) is 6.07 Å². The average Bonchev–Trinajstić information content (AvgIpc) is 2.58. The summed E-state index contributed by atoms with van der Waals surface area (Å²) in [7, 11) is 2.08. The lowest BCUT2D eigenvalue weighted by atomic mass is 9.82. The van der Waals surface area contributed by atoms with Crippen LogP contribution >= 0.6 is 0 Å². The van der Waals surface area contributed by atoms with Gasteiger partial charge in [-0.15, -0.1) is 0 Å². The molecule has 1 amide bonds. The minimum absolute atomic E-state index is 0.185. The van der Waals surface area contributed by atoms with Crippen LogP contribution in [0.1, 0.15) is 44.9 Å². The molecular formula is C18H30N4O. The molecule has 0 bridgehead atoms. The Kier molecular flexibility index (Phi) is 5.23. The van der Waals surface area contributed by atoms with E-state index in [1.54, 1.807) is 4.90 Å². The van der Waals surface area contributed by atoms with Crippen LogP contribution in [0.15, 0.2) is 0 Å². The smallest absolute Gasteiger partial charge is 0.244 e. The van der Waals surface area contributed by atoms with Gasteiger partial charge in [-0.3, -0.25) is 9.69 Å². The zero-order valence-corrected chi connectivity index (χ0v) is 14.5. The minimum Gasteiger partial charge on any atom is -0.326 e. The maximum atomic E-state index is 12.9. The minimum atomic E-state index is -0.349. The van der Waals surface area contributed by atoms with E-state index in [1.807, 2.05) is 0 Å². The number of carbonyl (C=O) groups is 1. The van der Waals surface area contributed by atoms with E-state index in [2.05, 4.69) is 22.9 Å². The molecule has 2 heterocycles. The summed E-state index contributed by atoms with van der Waals surface area (Å²) >= 11 is 0. The molecule has 1 saturated carbocycles. The number of piperazine rings is 1. The fourth-order valence-corrected chi connectivity index (χ4v) is 4.72. The monoisotopic (exact) mass is 318 g/mol. The van der Waals surface area contributed by atoms with Gasteiger partial charge < -0.3 is 9.80 Å². The van der Waals surface area contributed by atoms with Crippen LogP contribution in [0.25, 0.3) is 0 Å². The van der Waals surface area contributed by atoms with E-state index in [9.17, 15) is 4.79 Å². The molecule has 0 atom stereocenters. The number of nitrogens with zero attached hydrogens (tertiary/aromatic N) is 4. The Balaban J connectivity index is 1.59. The molecular weight excluding hydrogens is 288 g/mol. The van der Waals surface area contributed by atoms with E-state index in [1.165, 1.54) is 38.6 Å². The predicted octanol–water partition coefficient (Wildman–Crippen LogP) is 1.70. The van der Waals surface area contributed by atoms with Gasteiger partial charge in [0.2, 0.25) is 5.91 Å². The van der Waals surface area contributed by atoms with Crippen LogP contribution in [0.5, 0.6) is 0 Å². The summed E-state index contributed by atoms with van der Waals surface area (Å²) in [5, 5.41) is 8.95. The van der Waals surface area contributed by atoms with E-state index in [0.717, 1.165) is 38.4 Å². The lowest BCUT2D eigenvalue weighted by Gasteiger charge is -2.51. The maximum Gasteiger partial charge on any atom is 0.244 e. The number of likely N-dealkylation sites (tertiary alicyclic amines) is 1. The molecule has 5 nitrogen and oxygen atoms in total. The molecule has 5 heteroatoms. The van der Waals surface area contributed by atoms with Crippen molar-refractivity contribution in [2.45, 2.75) is 50.5 Å². The normalized spacial score (nSPS) is 27.3. The number of likely N-dealkylation sites (N-methyl/N-ethyl adjacent to an activating group) is 1. The van der Waals surface area contributed by atoms with Crippen molar-refractivity contribution in [3.63, 3.8) is 0 Å². The van der Waals surface area contributed by atoms with Crippen LogP contribution in [0.2, 0.25) is 0 Å². The molecule has 0 radical (unpaired) electrons.